The number of carbonyl (C=O) groups is 2. The Morgan fingerprint density at radius 2 is 1.89 bits per heavy atom. The van der Waals surface area contributed by atoms with Crippen molar-refractivity contribution in [2.75, 3.05) is 13.1 Å². The van der Waals surface area contributed by atoms with Crippen LogP contribution in [0.25, 0.3) is 10.9 Å². The lowest BCUT2D eigenvalue weighted by Gasteiger charge is -2.25. The van der Waals surface area contributed by atoms with E-state index in [0.29, 0.717) is 31.5 Å². The molecular formula is C14H14N2O2. The van der Waals surface area contributed by atoms with Crippen LogP contribution in [0.4, 0.5) is 0 Å². The fourth-order valence-corrected chi connectivity index (χ4v) is 2.38. The van der Waals surface area contributed by atoms with Crippen LogP contribution in [0.2, 0.25) is 0 Å². The Labute approximate surface area is 105 Å². The van der Waals surface area contributed by atoms with Crippen LogP contribution in [0.1, 0.15) is 23.2 Å². The Kier molecular flexibility index (Phi) is 2.63. The van der Waals surface area contributed by atoms with Gasteiger partial charge < -0.3 is 9.88 Å². The summed E-state index contributed by atoms with van der Waals surface area (Å²) in [6.07, 6.45) is 2.71. The molecule has 1 amide bonds. The van der Waals surface area contributed by atoms with Crippen molar-refractivity contribution < 1.29 is 9.59 Å². The zero-order valence-corrected chi connectivity index (χ0v) is 9.98. The van der Waals surface area contributed by atoms with Gasteiger partial charge in [-0.05, 0) is 6.07 Å². The number of nitrogens with zero attached hydrogens (tertiary/aromatic N) is 1. The summed E-state index contributed by atoms with van der Waals surface area (Å²) >= 11 is 0. The van der Waals surface area contributed by atoms with Crippen LogP contribution in [0.5, 0.6) is 0 Å². The number of fused-ring (bicyclic) bond motifs is 1. The normalized spacial score (nSPS) is 16.2. The lowest BCUT2D eigenvalue weighted by atomic mass is 10.1. The second kappa shape index (κ2) is 4.29. The number of hydrogen-bond donors (Lipinski definition) is 1. The van der Waals surface area contributed by atoms with Crippen LogP contribution in [0.15, 0.2) is 30.5 Å². The molecule has 2 heterocycles. The van der Waals surface area contributed by atoms with Crippen LogP contribution in [0.3, 0.4) is 0 Å². The molecular weight excluding hydrogens is 228 g/mol. The number of hydrogen-bond acceptors (Lipinski definition) is 2. The maximum absolute atomic E-state index is 12.4. The quantitative estimate of drug-likeness (QED) is 0.831. The highest BCUT2D eigenvalue weighted by atomic mass is 16.2. The third-order valence-corrected chi connectivity index (χ3v) is 3.43. The first-order chi connectivity index (χ1) is 8.75. The van der Waals surface area contributed by atoms with Crippen molar-refractivity contribution >= 4 is 22.6 Å². The average Bonchev–Trinajstić information content (AvgIpc) is 2.82. The lowest BCUT2D eigenvalue weighted by Crippen LogP contribution is -2.38. The number of aromatic nitrogens is 1. The number of para-hydroxylation sites is 1. The van der Waals surface area contributed by atoms with E-state index in [1.165, 1.54) is 0 Å². The van der Waals surface area contributed by atoms with Crippen LogP contribution < -0.4 is 0 Å². The molecule has 0 radical (unpaired) electrons. The van der Waals surface area contributed by atoms with Crippen LogP contribution in [-0.2, 0) is 4.79 Å². The highest BCUT2D eigenvalue weighted by Gasteiger charge is 2.23. The molecule has 1 aromatic heterocycles. The second-order valence-corrected chi connectivity index (χ2v) is 4.58. The van der Waals surface area contributed by atoms with Gasteiger partial charge >= 0.3 is 0 Å². The molecule has 4 nitrogen and oxygen atoms in total. The van der Waals surface area contributed by atoms with Gasteiger partial charge in [0.05, 0.1) is 5.56 Å². The average molecular weight is 242 g/mol. The number of piperidine rings is 1. The fraction of sp³-hybridized carbons (Fsp3) is 0.286. The maximum Gasteiger partial charge on any atom is 0.256 e. The fourth-order valence-electron chi connectivity index (χ4n) is 2.38. The van der Waals surface area contributed by atoms with Crippen LogP contribution in [-0.4, -0.2) is 34.7 Å². The van der Waals surface area contributed by atoms with E-state index in [9.17, 15) is 9.59 Å². The first-order valence-electron chi connectivity index (χ1n) is 6.13. The van der Waals surface area contributed by atoms with Gasteiger partial charge in [-0.15, -0.1) is 0 Å². The molecule has 0 bridgehead atoms. The number of aromatic amines is 1. The summed E-state index contributed by atoms with van der Waals surface area (Å²) in [7, 11) is 0. The minimum Gasteiger partial charge on any atom is -0.360 e. The summed E-state index contributed by atoms with van der Waals surface area (Å²) < 4.78 is 0. The number of H-pyrrole nitrogens is 1. The van der Waals surface area contributed by atoms with Crippen molar-refractivity contribution in [3.8, 4) is 0 Å². The van der Waals surface area contributed by atoms with Gasteiger partial charge in [-0.3, -0.25) is 9.59 Å². The van der Waals surface area contributed by atoms with Gasteiger partial charge in [0, 0.05) is 43.0 Å². The van der Waals surface area contributed by atoms with Crippen molar-refractivity contribution in [2.45, 2.75) is 12.8 Å². The van der Waals surface area contributed by atoms with Gasteiger partial charge in [0.1, 0.15) is 5.78 Å². The molecule has 18 heavy (non-hydrogen) atoms. The molecule has 1 N–H and O–H groups in total. The van der Waals surface area contributed by atoms with Gasteiger partial charge in [-0.1, -0.05) is 18.2 Å². The number of ketones is 1. The summed E-state index contributed by atoms with van der Waals surface area (Å²) in [4.78, 5) is 28.4. The van der Waals surface area contributed by atoms with E-state index in [1.807, 2.05) is 24.3 Å². The third kappa shape index (κ3) is 1.79. The molecule has 0 atom stereocenters. The highest BCUT2D eigenvalue weighted by molar-refractivity contribution is 6.07. The predicted octanol–water partition coefficient (Wildman–Crippen LogP) is 1.97. The molecule has 0 spiro atoms. The van der Waals surface area contributed by atoms with E-state index < -0.39 is 0 Å². The highest BCUT2D eigenvalue weighted by Crippen LogP contribution is 2.20. The minimum absolute atomic E-state index is 0.0138. The van der Waals surface area contributed by atoms with E-state index >= 15 is 0 Å². The smallest absolute Gasteiger partial charge is 0.256 e. The summed E-state index contributed by atoms with van der Waals surface area (Å²) in [5.41, 5.74) is 1.66. The number of rotatable bonds is 1. The van der Waals surface area contributed by atoms with E-state index in [-0.39, 0.29) is 11.7 Å². The number of likely N-dealkylation sites (tertiary alicyclic amines) is 1. The molecule has 2 aromatic rings. The first kappa shape index (κ1) is 11.0. The van der Waals surface area contributed by atoms with Crippen LogP contribution >= 0.6 is 0 Å². The SMILES string of the molecule is O=C1CCN(C(=O)c2c[nH]c3ccccc23)CC1. The predicted molar refractivity (Wildman–Crippen MR) is 68.4 cm³/mol. The Hall–Kier alpha value is -2.10. The largest absolute Gasteiger partial charge is 0.360 e. The van der Waals surface area contributed by atoms with Gasteiger partial charge in [-0.25, -0.2) is 0 Å². The second-order valence-electron chi connectivity index (χ2n) is 4.58. The molecule has 1 saturated heterocycles. The summed E-state index contributed by atoms with van der Waals surface area (Å²) in [6, 6.07) is 7.75. The molecule has 0 unspecified atom stereocenters. The van der Waals surface area contributed by atoms with E-state index in [1.54, 1.807) is 11.1 Å². The Morgan fingerprint density at radius 3 is 2.67 bits per heavy atom. The first-order valence-corrected chi connectivity index (χ1v) is 6.13. The number of benzene rings is 1. The molecule has 3 rings (SSSR count). The number of Topliss-reactive ketones (excluding diaryl/α,β-unsaturated/α-hetero) is 1. The molecule has 1 aromatic carbocycles. The molecule has 1 aliphatic rings. The van der Waals surface area contributed by atoms with Crippen LogP contribution in [0, 0.1) is 0 Å². The van der Waals surface area contributed by atoms with Gasteiger partial charge in [-0.2, -0.15) is 0 Å². The monoisotopic (exact) mass is 242 g/mol. The van der Waals surface area contributed by atoms with Crippen molar-refractivity contribution in [1.29, 1.82) is 0 Å². The molecule has 0 aliphatic carbocycles. The summed E-state index contributed by atoms with van der Waals surface area (Å²) in [5.74, 6) is 0.262. The van der Waals surface area contributed by atoms with E-state index in [0.717, 1.165) is 10.9 Å². The molecule has 1 fully saturated rings. The molecule has 4 heteroatoms. The van der Waals surface area contributed by atoms with Crippen molar-refractivity contribution in [3.05, 3.63) is 36.0 Å². The van der Waals surface area contributed by atoms with Gasteiger partial charge in [0.15, 0.2) is 0 Å². The zero-order chi connectivity index (χ0) is 12.5. The number of carbonyl (C=O) groups excluding carboxylic acids is 2. The molecule has 1 aliphatic heterocycles. The number of amides is 1. The van der Waals surface area contributed by atoms with Crippen molar-refractivity contribution in [1.82, 2.24) is 9.88 Å². The molecule has 0 saturated carbocycles. The Morgan fingerprint density at radius 1 is 1.17 bits per heavy atom. The van der Waals surface area contributed by atoms with E-state index in [2.05, 4.69) is 4.98 Å². The summed E-state index contributed by atoms with van der Waals surface area (Å²) in [6.45, 7) is 1.08. The lowest BCUT2D eigenvalue weighted by molar-refractivity contribution is -0.120. The Bertz CT molecular complexity index is 605. The summed E-state index contributed by atoms with van der Waals surface area (Å²) in [5, 5.41) is 0.944. The third-order valence-electron chi connectivity index (χ3n) is 3.43. The van der Waals surface area contributed by atoms with Crippen molar-refractivity contribution in [2.24, 2.45) is 0 Å². The molecule has 92 valence electrons. The standard InChI is InChI=1S/C14H14N2O2/c17-10-5-7-16(8-6-10)14(18)12-9-15-13-4-2-1-3-11(12)13/h1-4,9,15H,5-8H2. The maximum atomic E-state index is 12.4. The van der Waals surface area contributed by atoms with Gasteiger partial charge in [0.25, 0.3) is 5.91 Å². The topological polar surface area (TPSA) is 53.2 Å². The zero-order valence-electron chi connectivity index (χ0n) is 9.98. The number of nitrogens with one attached hydrogen (secondary N) is 1. The Balaban J connectivity index is 1.90. The van der Waals surface area contributed by atoms with Gasteiger partial charge in [0.2, 0.25) is 0 Å². The van der Waals surface area contributed by atoms with Crippen molar-refractivity contribution in [3.63, 3.8) is 0 Å². The minimum atomic E-state index is 0.0138. The van der Waals surface area contributed by atoms with E-state index in [4.69, 9.17) is 0 Å².